The van der Waals surface area contributed by atoms with E-state index in [9.17, 15) is 4.79 Å². The van der Waals surface area contributed by atoms with Gasteiger partial charge < -0.3 is 0 Å². The van der Waals surface area contributed by atoms with Crippen LogP contribution < -0.4 is 0 Å². The number of aromatic nitrogens is 3. The highest BCUT2D eigenvalue weighted by molar-refractivity contribution is 9.10. The summed E-state index contributed by atoms with van der Waals surface area (Å²) in [7, 11) is 0. The molecule has 0 bridgehead atoms. The van der Waals surface area contributed by atoms with Gasteiger partial charge in [0.25, 0.3) is 0 Å². The standard InChI is InChI=1S/C18H16BrN3OS/c1-11-3-5-14(6-4-11)17-20-18(22-21-17)24-12(2)16(23)13-7-9-15(19)10-8-13/h3-10,12H,1-2H3,(H,20,21,22)/t12-/m0/s1. The van der Waals surface area contributed by atoms with Crippen LogP contribution in [0.15, 0.2) is 58.2 Å². The first kappa shape index (κ1) is 16.9. The highest BCUT2D eigenvalue weighted by Gasteiger charge is 2.19. The molecule has 6 heteroatoms. The van der Waals surface area contributed by atoms with Crippen LogP contribution in [0.3, 0.4) is 0 Å². The maximum atomic E-state index is 12.5. The third-order valence-electron chi connectivity index (χ3n) is 3.57. The second kappa shape index (κ2) is 7.32. The van der Waals surface area contributed by atoms with Crippen LogP contribution in [0.4, 0.5) is 0 Å². The highest BCUT2D eigenvalue weighted by Crippen LogP contribution is 2.25. The third kappa shape index (κ3) is 3.94. The zero-order valence-electron chi connectivity index (χ0n) is 13.3. The molecule has 0 aliphatic heterocycles. The van der Waals surface area contributed by atoms with Crippen molar-refractivity contribution >= 4 is 33.5 Å². The van der Waals surface area contributed by atoms with Crippen molar-refractivity contribution < 1.29 is 4.79 Å². The van der Waals surface area contributed by atoms with Crippen molar-refractivity contribution in [1.29, 1.82) is 0 Å². The third-order valence-corrected chi connectivity index (χ3v) is 5.06. The molecule has 0 spiro atoms. The van der Waals surface area contributed by atoms with Crippen molar-refractivity contribution in [3.63, 3.8) is 0 Å². The fraction of sp³-hybridized carbons (Fsp3) is 0.167. The van der Waals surface area contributed by atoms with Crippen molar-refractivity contribution in [2.45, 2.75) is 24.3 Å². The number of hydrogen-bond acceptors (Lipinski definition) is 4. The summed E-state index contributed by atoms with van der Waals surface area (Å²) in [6.07, 6.45) is 0. The summed E-state index contributed by atoms with van der Waals surface area (Å²) in [6, 6.07) is 15.4. The van der Waals surface area contributed by atoms with Crippen molar-refractivity contribution in [2.75, 3.05) is 0 Å². The van der Waals surface area contributed by atoms with Gasteiger partial charge in [-0.15, -0.1) is 5.10 Å². The average molecular weight is 402 g/mol. The van der Waals surface area contributed by atoms with Crippen molar-refractivity contribution in [2.24, 2.45) is 0 Å². The monoisotopic (exact) mass is 401 g/mol. The summed E-state index contributed by atoms with van der Waals surface area (Å²) in [5.41, 5.74) is 2.86. The lowest BCUT2D eigenvalue weighted by molar-refractivity contribution is 0.0994. The molecule has 0 radical (unpaired) electrons. The maximum Gasteiger partial charge on any atom is 0.209 e. The summed E-state index contributed by atoms with van der Waals surface area (Å²) in [5, 5.41) is 7.46. The van der Waals surface area contributed by atoms with Crippen LogP contribution in [0.25, 0.3) is 11.4 Å². The molecule has 24 heavy (non-hydrogen) atoms. The van der Waals surface area contributed by atoms with Gasteiger partial charge in [0.15, 0.2) is 11.6 Å². The second-order valence-electron chi connectivity index (χ2n) is 5.46. The van der Waals surface area contributed by atoms with Gasteiger partial charge in [-0.05, 0) is 26.0 Å². The van der Waals surface area contributed by atoms with Gasteiger partial charge in [-0.3, -0.25) is 9.89 Å². The van der Waals surface area contributed by atoms with E-state index in [1.165, 1.54) is 17.3 Å². The first-order valence-corrected chi connectivity index (χ1v) is 9.16. The number of nitrogens with zero attached hydrogens (tertiary/aromatic N) is 2. The minimum absolute atomic E-state index is 0.0641. The van der Waals surface area contributed by atoms with Gasteiger partial charge in [0, 0.05) is 15.6 Å². The largest absolute Gasteiger partial charge is 0.293 e. The van der Waals surface area contributed by atoms with E-state index in [0.29, 0.717) is 16.5 Å². The number of benzene rings is 2. The molecule has 4 nitrogen and oxygen atoms in total. The van der Waals surface area contributed by atoms with E-state index in [4.69, 9.17) is 0 Å². The first-order valence-electron chi connectivity index (χ1n) is 7.49. The second-order valence-corrected chi connectivity index (χ2v) is 7.69. The Hall–Kier alpha value is -1.92. The molecule has 2 aromatic carbocycles. The number of aromatic amines is 1. The Kier molecular flexibility index (Phi) is 5.16. The average Bonchev–Trinajstić information content (AvgIpc) is 3.04. The Morgan fingerprint density at radius 2 is 1.79 bits per heavy atom. The number of rotatable bonds is 5. The van der Waals surface area contributed by atoms with Crippen LogP contribution in [0.1, 0.15) is 22.8 Å². The number of Topliss-reactive ketones (excluding diaryl/α,β-unsaturated/α-hetero) is 1. The lowest BCUT2D eigenvalue weighted by Gasteiger charge is -2.07. The number of hydrogen-bond donors (Lipinski definition) is 1. The Morgan fingerprint density at radius 3 is 2.46 bits per heavy atom. The molecular formula is C18H16BrN3OS. The van der Waals surface area contributed by atoms with Gasteiger partial charge in [0.05, 0.1) is 5.25 Å². The molecule has 0 saturated carbocycles. The van der Waals surface area contributed by atoms with Crippen LogP contribution in [0, 0.1) is 6.92 Å². The molecule has 0 saturated heterocycles. The minimum atomic E-state index is -0.257. The van der Waals surface area contributed by atoms with E-state index < -0.39 is 0 Å². The molecule has 1 N–H and O–H groups in total. The Bertz CT molecular complexity index is 843. The topological polar surface area (TPSA) is 58.6 Å². The van der Waals surface area contributed by atoms with Crippen molar-refractivity contribution in [1.82, 2.24) is 15.2 Å². The summed E-state index contributed by atoms with van der Waals surface area (Å²) in [4.78, 5) is 16.9. The van der Waals surface area contributed by atoms with Crippen LogP contribution in [0.5, 0.6) is 0 Å². The Morgan fingerprint density at radius 1 is 1.12 bits per heavy atom. The summed E-state index contributed by atoms with van der Waals surface area (Å²) in [5.74, 6) is 0.773. The van der Waals surface area contributed by atoms with Crippen LogP contribution in [-0.4, -0.2) is 26.2 Å². The number of halogens is 1. The molecular weight excluding hydrogens is 386 g/mol. The van der Waals surface area contributed by atoms with Gasteiger partial charge in [-0.2, -0.15) is 0 Å². The zero-order valence-corrected chi connectivity index (χ0v) is 15.7. The smallest absolute Gasteiger partial charge is 0.209 e. The van der Waals surface area contributed by atoms with E-state index >= 15 is 0 Å². The van der Waals surface area contributed by atoms with Crippen LogP contribution in [-0.2, 0) is 0 Å². The number of ketones is 1. The lowest BCUT2D eigenvalue weighted by atomic mass is 10.1. The number of carbonyl (C=O) groups is 1. The highest BCUT2D eigenvalue weighted by atomic mass is 79.9. The number of H-pyrrole nitrogens is 1. The summed E-state index contributed by atoms with van der Waals surface area (Å²) >= 11 is 4.73. The number of thioether (sulfide) groups is 1. The fourth-order valence-corrected chi connectivity index (χ4v) is 3.27. The molecule has 1 aromatic heterocycles. The number of aryl methyl sites for hydroxylation is 1. The molecule has 0 aliphatic rings. The molecule has 1 heterocycles. The van der Waals surface area contributed by atoms with Gasteiger partial charge in [-0.1, -0.05) is 69.7 Å². The van der Waals surface area contributed by atoms with Crippen LogP contribution in [0.2, 0.25) is 0 Å². The Balaban J connectivity index is 1.70. The molecule has 3 aromatic rings. The number of nitrogens with one attached hydrogen (secondary N) is 1. The van der Waals surface area contributed by atoms with Crippen LogP contribution >= 0.6 is 27.7 Å². The fourth-order valence-electron chi connectivity index (χ4n) is 2.20. The summed E-state index contributed by atoms with van der Waals surface area (Å²) in [6.45, 7) is 3.91. The maximum absolute atomic E-state index is 12.5. The van der Waals surface area contributed by atoms with E-state index in [0.717, 1.165) is 10.0 Å². The lowest BCUT2D eigenvalue weighted by Crippen LogP contribution is -2.13. The van der Waals surface area contributed by atoms with E-state index in [1.54, 1.807) is 0 Å². The van der Waals surface area contributed by atoms with Gasteiger partial charge in [-0.25, -0.2) is 4.98 Å². The molecule has 0 amide bonds. The predicted octanol–water partition coefficient (Wildman–Crippen LogP) is 4.91. The zero-order chi connectivity index (χ0) is 17.1. The van der Waals surface area contributed by atoms with Gasteiger partial charge >= 0.3 is 0 Å². The van der Waals surface area contributed by atoms with Crippen molar-refractivity contribution in [3.8, 4) is 11.4 Å². The molecule has 122 valence electrons. The molecule has 0 fully saturated rings. The predicted molar refractivity (Wildman–Crippen MR) is 100 cm³/mol. The SMILES string of the molecule is Cc1ccc(-c2nc(S[C@@H](C)C(=O)c3ccc(Br)cc3)n[nH]2)cc1. The van der Waals surface area contributed by atoms with E-state index in [-0.39, 0.29) is 11.0 Å². The minimum Gasteiger partial charge on any atom is -0.293 e. The molecule has 0 aliphatic carbocycles. The molecule has 3 rings (SSSR count). The van der Waals surface area contributed by atoms with E-state index in [2.05, 4.69) is 31.1 Å². The van der Waals surface area contributed by atoms with Gasteiger partial charge in [0.2, 0.25) is 5.16 Å². The normalized spacial score (nSPS) is 12.1. The van der Waals surface area contributed by atoms with E-state index in [1.807, 2.05) is 62.4 Å². The van der Waals surface area contributed by atoms with Crippen molar-refractivity contribution in [3.05, 3.63) is 64.1 Å². The first-order chi connectivity index (χ1) is 11.5. The quantitative estimate of drug-likeness (QED) is 0.487. The Labute approximate surface area is 153 Å². The molecule has 0 unspecified atom stereocenters. The van der Waals surface area contributed by atoms with Gasteiger partial charge in [0.1, 0.15) is 0 Å². The summed E-state index contributed by atoms with van der Waals surface area (Å²) < 4.78 is 0.955. The number of carbonyl (C=O) groups excluding carboxylic acids is 1. The molecule has 1 atom stereocenters.